The molecule has 0 saturated heterocycles. The van der Waals surface area contributed by atoms with E-state index in [4.69, 9.17) is 0 Å². The average Bonchev–Trinajstić information content (AvgIpc) is 3.14. The molecule has 312 valence electrons. The van der Waals surface area contributed by atoms with Crippen molar-refractivity contribution in [2.24, 2.45) is 0 Å². The van der Waals surface area contributed by atoms with E-state index in [1.165, 1.54) is 95.8 Å². The Balaban J connectivity index is 1.89. The maximum Gasteiger partial charge on any atom is 0.0776 e. The first-order valence-corrected chi connectivity index (χ1v) is 43.4. The second-order valence-corrected chi connectivity index (χ2v) is 54.8. The second kappa shape index (κ2) is 15.2. The lowest BCUT2D eigenvalue weighted by Crippen LogP contribution is -2.38. The summed E-state index contributed by atoms with van der Waals surface area (Å²) in [6.45, 7) is 45.2. The fraction of sp³-hybridized carbons (Fsp3) is 0.333. The summed E-state index contributed by atoms with van der Waals surface area (Å²) >= 11 is 0. The van der Waals surface area contributed by atoms with Crippen LogP contribution in [0.5, 0.6) is 0 Å². The van der Waals surface area contributed by atoms with Gasteiger partial charge in [-0.15, -0.1) is 0 Å². The van der Waals surface area contributed by atoms with Crippen molar-refractivity contribution in [1.82, 2.24) is 0 Å². The van der Waals surface area contributed by atoms with Crippen molar-refractivity contribution in [2.45, 2.75) is 118 Å². The molecule has 0 heterocycles. The Labute approximate surface area is 368 Å². The molecule has 0 aliphatic heterocycles. The minimum atomic E-state index is -1.71. The van der Waals surface area contributed by atoms with Gasteiger partial charge < -0.3 is 0 Å². The standard InChI is InChI=1S/C54H72Si6/c1-55(2,3)49-25-37-19-38(26-49)40-21-42(30-51(28-40)57(7,8)9)44-23-46(34-53(32-44)59(13,14)15)48-24-47(35-54(36-48)60(16,17)18)45-22-43(31-52(33-45)58(10,11)12)41-20-39(37)27-50(29-41)56(4,5)6/h19-36H,1-18H3. The van der Waals surface area contributed by atoms with Crippen LogP contribution in [-0.2, 0) is 0 Å². The van der Waals surface area contributed by atoms with Gasteiger partial charge in [-0.2, -0.15) is 0 Å². The van der Waals surface area contributed by atoms with Crippen LogP contribution >= 0.6 is 0 Å². The molecular formula is C54H72Si6. The van der Waals surface area contributed by atoms with Crippen molar-refractivity contribution >= 4 is 144 Å². The Morgan fingerprint density at radius 2 is 0.233 bits per heavy atom. The van der Waals surface area contributed by atoms with Gasteiger partial charge in [0.15, 0.2) is 0 Å². The summed E-state index contributed by atoms with van der Waals surface area (Å²) in [6.07, 6.45) is 0. The van der Waals surface area contributed by atoms with Crippen LogP contribution in [0.15, 0.2) is 109 Å². The highest BCUT2D eigenvalue weighted by Gasteiger charge is 2.24. The predicted molar refractivity (Wildman–Crippen MR) is 296 cm³/mol. The molecule has 0 aliphatic carbocycles. The van der Waals surface area contributed by atoms with Crippen molar-refractivity contribution in [2.75, 3.05) is 0 Å². The zero-order valence-corrected chi connectivity index (χ0v) is 46.4. The minimum Gasteiger partial charge on any atom is -0.0656 e. The Morgan fingerprint density at radius 3 is 0.300 bits per heavy atom. The maximum atomic E-state index is 2.56. The van der Waals surface area contributed by atoms with Crippen molar-refractivity contribution in [3.8, 4) is 0 Å². The zero-order valence-electron chi connectivity index (χ0n) is 40.4. The Hall–Kier alpha value is -3.38. The monoisotopic (exact) mass is 888 g/mol. The number of rotatable bonds is 6. The molecule has 7 aromatic carbocycles. The van der Waals surface area contributed by atoms with Crippen LogP contribution in [0.3, 0.4) is 0 Å². The number of benzene rings is 6. The zero-order chi connectivity index (χ0) is 44.1. The van der Waals surface area contributed by atoms with Gasteiger partial charge in [-0.05, 0) is 101 Å². The first-order valence-electron chi connectivity index (χ1n) is 22.4. The van der Waals surface area contributed by atoms with E-state index in [2.05, 4.69) is 227 Å². The lowest BCUT2D eigenvalue weighted by molar-refractivity contribution is 1.71. The molecule has 0 aromatic heterocycles. The molecule has 0 aliphatic rings. The molecule has 7 aromatic rings. The van der Waals surface area contributed by atoms with Gasteiger partial charge in [0.05, 0.1) is 48.4 Å². The van der Waals surface area contributed by atoms with E-state index in [0.29, 0.717) is 0 Å². The van der Waals surface area contributed by atoms with Crippen LogP contribution in [0.1, 0.15) is 0 Å². The van der Waals surface area contributed by atoms with E-state index in [0.717, 1.165) is 0 Å². The highest BCUT2D eigenvalue weighted by molar-refractivity contribution is 6.91. The summed E-state index contributed by atoms with van der Waals surface area (Å²) in [5.41, 5.74) is 0. The van der Waals surface area contributed by atoms with Crippen LogP contribution in [0.4, 0.5) is 0 Å². The predicted octanol–water partition coefficient (Wildman–Crippen LogP) is 13.6. The van der Waals surface area contributed by atoms with E-state index in [-0.39, 0.29) is 0 Å². The summed E-state index contributed by atoms with van der Waals surface area (Å²) in [5, 5.41) is 25.3. The lowest BCUT2D eigenvalue weighted by Gasteiger charge is -2.21. The molecule has 0 nitrogen and oxygen atoms in total. The molecule has 0 N–H and O–H groups in total. The van der Waals surface area contributed by atoms with E-state index >= 15 is 0 Å². The number of hydrogen-bond acceptors (Lipinski definition) is 0. The molecule has 60 heavy (non-hydrogen) atoms. The Bertz CT molecular complexity index is 2300. The van der Waals surface area contributed by atoms with E-state index in [1.807, 2.05) is 0 Å². The summed E-state index contributed by atoms with van der Waals surface area (Å²) < 4.78 is 0. The number of fused-ring (bicyclic) bond motifs is 18. The van der Waals surface area contributed by atoms with Gasteiger partial charge in [0.2, 0.25) is 0 Å². The molecule has 0 unspecified atom stereocenters. The van der Waals surface area contributed by atoms with Crippen molar-refractivity contribution in [3.63, 3.8) is 0 Å². The highest BCUT2D eigenvalue weighted by atomic mass is 28.3. The van der Waals surface area contributed by atoms with Gasteiger partial charge in [-0.1, -0.05) is 222 Å². The fourth-order valence-corrected chi connectivity index (χ4v) is 15.4. The van der Waals surface area contributed by atoms with Crippen molar-refractivity contribution < 1.29 is 0 Å². The molecule has 0 amide bonds. The molecule has 0 atom stereocenters. The van der Waals surface area contributed by atoms with Crippen LogP contribution in [0.2, 0.25) is 118 Å². The van der Waals surface area contributed by atoms with Crippen LogP contribution in [-0.4, -0.2) is 48.4 Å². The highest BCUT2D eigenvalue weighted by Crippen LogP contribution is 2.28. The molecule has 0 fully saturated rings. The summed E-state index contributed by atoms with van der Waals surface area (Å²) in [5.74, 6) is 0. The topological polar surface area (TPSA) is 0 Å². The summed E-state index contributed by atoms with van der Waals surface area (Å²) in [7, 11) is -10.2. The first kappa shape index (κ1) is 44.7. The number of hydrogen-bond donors (Lipinski definition) is 0. The smallest absolute Gasteiger partial charge is 0.0656 e. The minimum absolute atomic E-state index is 1.35. The first-order chi connectivity index (χ1) is 27.4. The summed E-state index contributed by atoms with van der Waals surface area (Å²) in [4.78, 5) is 0. The van der Waals surface area contributed by atoms with E-state index in [1.54, 1.807) is 0 Å². The fourth-order valence-electron chi connectivity index (χ4n) is 8.36. The third-order valence-corrected chi connectivity index (χ3v) is 24.9. The third kappa shape index (κ3) is 9.49. The van der Waals surface area contributed by atoms with E-state index in [9.17, 15) is 0 Å². The van der Waals surface area contributed by atoms with Gasteiger partial charge >= 0.3 is 0 Å². The molecule has 7 rings (SSSR count). The SMILES string of the molecule is C[Si](C)(C)c1cc2cc(c1)c1cc([Si](C)(C)C)cc(c1)c1cc([Si](C)(C)C)cc(c1)c1cc([Si](C)(C)C)cc(c1)c1cc([Si](C)(C)C)cc(c1)c1cc([Si](C)(C)C)cc2c1. The average molecular weight is 890 g/mol. The van der Waals surface area contributed by atoms with Crippen molar-refractivity contribution in [1.29, 1.82) is 0 Å². The Kier molecular flexibility index (Phi) is 11.3. The van der Waals surface area contributed by atoms with Gasteiger partial charge in [-0.3, -0.25) is 0 Å². The third-order valence-electron chi connectivity index (χ3n) is 12.8. The van der Waals surface area contributed by atoms with Crippen LogP contribution < -0.4 is 31.1 Å². The lowest BCUT2D eigenvalue weighted by atomic mass is 10.0. The molecule has 6 heteroatoms. The quantitative estimate of drug-likeness (QED) is 0.146. The molecule has 0 radical (unpaired) electrons. The van der Waals surface area contributed by atoms with Crippen molar-refractivity contribution in [3.05, 3.63) is 109 Å². The van der Waals surface area contributed by atoms with Gasteiger partial charge in [0.1, 0.15) is 0 Å². The normalized spacial score (nSPS) is 13.5. The van der Waals surface area contributed by atoms with Crippen LogP contribution in [0, 0.1) is 0 Å². The maximum absolute atomic E-state index is 2.56. The second-order valence-electron chi connectivity index (χ2n) is 24.3. The van der Waals surface area contributed by atoms with Crippen LogP contribution in [0.25, 0.3) is 64.6 Å². The molecule has 0 spiro atoms. The van der Waals surface area contributed by atoms with Gasteiger partial charge in [-0.25, -0.2) is 0 Å². The summed E-state index contributed by atoms with van der Waals surface area (Å²) in [6, 6.07) is 45.9. The molecule has 0 saturated carbocycles. The molecule has 12 bridgehead atoms. The largest absolute Gasteiger partial charge is 0.0776 e. The molecular weight excluding hydrogens is 817 g/mol. The Morgan fingerprint density at radius 1 is 0.150 bits per heavy atom. The van der Waals surface area contributed by atoms with Gasteiger partial charge in [0.25, 0.3) is 0 Å². The van der Waals surface area contributed by atoms with E-state index < -0.39 is 48.4 Å². The van der Waals surface area contributed by atoms with Gasteiger partial charge in [0, 0.05) is 0 Å².